The van der Waals surface area contributed by atoms with E-state index in [4.69, 9.17) is 46.4 Å². The van der Waals surface area contributed by atoms with Crippen molar-refractivity contribution in [2.75, 3.05) is 17.1 Å². The molecule has 0 bridgehead atoms. The third-order valence-corrected chi connectivity index (χ3v) is 8.56. The minimum absolute atomic E-state index is 0.0208. The van der Waals surface area contributed by atoms with Crippen LogP contribution in [0.2, 0.25) is 20.1 Å². The van der Waals surface area contributed by atoms with E-state index in [2.05, 4.69) is 5.32 Å². The summed E-state index contributed by atoms with van der Waals surface area (Å²) in [5.74, 6) is -0.910. The lowest BCUT2D eigenvalue weighted by Crippen LogP contribution is -2.52. The molecule has 1 aliphatic carbocycles. The summed E-state index contributed by atoms with van der Waals surface area (Å²) in [6.07, 6.45) is 4.83. The molecule has 0 aliphatic heterocycles. The van der Waals surface area contributed by atoms with E-state index < -0.39 is 28.5 Å². The summed E-state index contributed by atoms with van der Waals surface area (Å²) in [4.78, 5) is 28.0. The maximum atomic E-state index is 13.6. The van der Waals surface area contributed by atoms with E-state index in [9.17, 15) is 18.0 Å². The molecule has 1 atom stereocenters. The number of anilines is 1. The monoisotopic (exact) mass is 593 g/mol. The first-order valence-corrected chi connectivity index (χ1v) is 14.7. The first-order valence-electron chi connectivity index (χ1n) is 11.3. The van der Waals surface area contributed by atoms with E-state index in [1.807, 2.05) is 0 Å². The average molecular weight is 595 g/mol. The zero-order valence-electron chi connectivity index (χ0n) is 19.8. The summed E-state index contributed by atoms with van der Waals surface area (Å²) in [5.41, 5.74) is 0.739. The zero-order chi connectivity index (χ0) is 26.6. The fourth-order valence-corrected chi connectivity index (χ4v) is 5.66. The predicted octanol–water partition coefficient (Wildman–Crippen LogP) is 5.54. The number of carbonyl (C=O) groups excluding carboxylic acids is 2. The van der Waals surface area contributed by atoms with Gasteiger partial charge in [-0.05, 0) is 55.7 Å². The lowest BCUT2D eigenvalue weighted by atomic mass is 10.1. The van der Waals surface area contributed by atoms with Gasteiger partial charge in [0.15, 0.2) is 0 Å². The summed E-state index contributed by atoms with van der Waals surface area (Å²) < 4.78 is 26.2. The minimum atomic E-state index is -3.89. The zero-order valence-corrected chi connectivity index (χ0v) is 23.6. The van der Waals surface area contributed by atoms with Crippen molar-refractivity contribution in [1.82, 2.24) is 10.2 Å². The highest BCUT2D eigenvalue weighted by atomic mass is 35.5. The molecular formula is C24H27Cl4N3O4S. The molecule has 2 aromatic carbocycles. The van der Waals surface area contributed by atoms with Crippen molar-refractivity contribution in [2.45, 2.75) is 51.2 Å². The summed E-state index contributed by atoms with van der Waals surface area (Å²) in [6, 6.07) is 8.29. The van der Waals surface area contributed by atoms with Gasteiger partial charge in [-0.1, -0.05) is 65.3 Å². The molecule has 0 aromatic heterocycles. The van der Waals surface area contributed by atoms with E-state index in [0.717, 1.165) is 36.2 Å². The van der Waals surface area contributed by atoms with Crippen LogP contribution in [0.15, 0.2) is 36.4 Å². The van der Waals surface area contributed by atoms with Crippen LogP contribution in [0.1, 0.15) is 38.2 Å². The standard InChI is InChI=1S/C24H27Cl4N3O4S/c1-15(24(33)29-18-5-3-4-6-18)30(13-16-7-8-17(25)11-21(16)27)23(32)14-31(36(2,34)35)19-9-10-20(26)22(28)12-19/h7-12,15,18H,3-6,13-14H2,1-2H3,(H,29,33)/t15-/m0/s1. The van der Waals surface area contributed by atoms with Crippen molar-refractivity contribution in [3.63, 3.8) is 0 Å². The van der Waals surface area contributed by atoms with Crippen molar-refractivity contribution in [1.29, 1.82) is 0 Å². The van der Waals surface area contributed by atoms with Crippen LogP contribution < -0.4 is 9.62 Å². The molecule has 36 heavy (non-hydrogen) atoms. The van der Waals surface area contributed by atoms with Gasteiger partial charge in [-0.2, -0.15) is 0 Å². The van der Waals surface area contributed by atoms with Crippen LogP contribution in [-0.4, -0.2) is 50.0 Å². The van der Waals surface area contributed by atoms with E-state index in [1.165, 1.54) is 23.1 Å². The molecule has 7 nitrogen and oxygen atoms in total. The van der Waals surface area contributed by atoms with E-state index in [1.54, 1.807) is 25.1 Å². The highest BCUT2D eigenvalue weighted by Gasteiger charge is 2.32. The summed E-state index contributed by atoms with van der Waals surface area (Å²) >= 11 is 24.4. The van der Waals surface area contributed by atoms with Crippen LogP contribution in [-0.2, 0) is 26.2 Å². The van der Waals surface area contributed by atoms with Crippen LogP contribution in [0.5, 0.6) is 0 Å². The Kier molecular flexibility index (Phi) is 9.80. The molecule has 0 spiro atoms. The lowest BCUT2D eigenvalue weighted by molar-refractivity contribution is -0.139. The average Bonchev–Trinajstić information content (AvgIpc) is 3.30. The maximum absolute atomic E-state index is 13.6. The van der Waals surface area contributed by atoms with Gasteiger partial charge < -0.3 is 10.2 Å². The number of nitrogens with one attached hydrogen (secondary N) is 1. The quantitative estimate of drug-likeness (QED) is 0.413. The van der Waals surface area contributed by atoms with Crippen LogP contribution in [0.3, 0.4) is 0 Å². The predicted molar refractivity (Wildman–Crippen MR) is 146 cm³/mol. The Bertz CT molecular complexity index is 1240. The van der Waals surface area contributed by atoms with Gasteiger partial charge in [-0.25, -0.2) is 8.42 Å². The van der Waals surface area contributed by atoms with Crippen LogP contribution in [0.4, 0.5) is 5.69 Å². The second kappa shape index (κ2) is 12.2. The van der Waals surface area contributed by atoms with Crippen molar-refractivity contribution >= 4 is 73.9 Å². The Balaban J connectivity index is 1.92. The van der Waals surface area contributed by atoms with E-state index in [0.29, 0.717) is 15.6 Å². The molecule has 1 aliphatic rings. The second-order valence-electron chi connectivity index (χ2n) is 8.79. The van der Waals surface area contributed by atoms with Crippen LogP contribution in [0, 0.1) is 0 Å². The summed E-state index contributed by atoms with van der Waals surface area (Å²) in [7, 11) is -3.89. The number of carbonyl (C=O) groups is 2. The fraction of sp³-hybridized carbons (Fsp3) is 0.417. The molecule has 0 saturated heterocycles. The first-order chi connectivity index (χ1) is 16.9. The highest BCUT2D eigenvalue weighted by Crippen LogP contribution is 2.29. The van der Waals surface area contributed by atoms with Crippen LogP contribution >= 0.6 is 46.4 Å². The smallest absolute Gasteiger partial charge is 0.244 e. The number of nitrogens with zero attached hydrogens (tertiary/aromatic N) is 2. The maximum Gasteiger partial charge on any atom is 0.244 e. The van der Waals surface area contributed by atoms with Crippen molar-refractivity contribution in [2.24, 2.45) is 0 Å². The highest BCUT2D eigenvalue weighted by molar-refractivity contribution is 7.92. The number of rotatable bonds is 9. The molecule has 0 radical (unpaired) electrons. The molecule has 1 saturated carbocycles. The SMILES string of the molecule is C[C@@H](C(=O)NC1CCCC1)N(Cc1ccc(Cl)cc1Cl)C(=O)CN(c1ccc(Cl)c(Cl)c1)S(C)(=O)=O. The van der Waals surface area contributed by atoms with E-state index >= 15 is 0 Å². The molecule has 0 heterocycles. The summed E-state index contributed by atoms with van der Waals surface area (Å²) in [6.45, 7) is 1.03. The topological polar surface area (TPSA) is 86.8 Å². The Labute approximate surface area is 231 Å². The fourth-order valence-electron chi connectivity index (χ4n) is 4.06. The van der Waals surface area contributed by atoms with Gasteiger partial charge in [0.1, 0.15) is 12.6 Å². The molecule has 2 aromatic rings. The van der Waals surface area contributed by atoms with Gasteiger partial charge in [0.25, 0.3) is 0 Å². The van der Waals surface area contributed by atoms with Crippen molar-refractivity contribution < 1.29 is 18.0 Å². The number of hydrogen-bond donors (Lipinski definition) is 1. The third kappa shape index (κ3) is 7.42. The van der Waals surface area contributed by atoms with Gasteiger partial charge in [0, 0.05) is 22.6 Å². The molecular weight excluding hydrogens is 568 g/mol. The number of sulfonamides is 1. The Hall–Kier alpha value is -1.71. The van der Waals surface area contributed by atoms with Crippen molar-refractivity contribution in [3.05, 3.63) is 62.1 Å². The van der Waals surface area contributed by atoms with Crippen LogP contribution in [0.25, 0.3) is 0 Å². The molecule has 2 amide bonds. The second-order valence-corrected chi connectivity index (χ2v) is 12.4. The molecule has 1 fully saturated rings. The van der Waals surface area contributed by atoms with Gasteiger partial charge in [-0.3, -0.25) is 13.9 Å². The third-order valence-electron chi connectivity index (χ3n) is 6.10. The minimum Gasteiger partial charge on any atom is -0.352 e. The summed E-state index contributed by atoms with van der Waals surface area (Å²) in [5, 5.41) is 4.15. The Morgan fingerprint density at radius 2 is 1.67 bits per heavy atom. The first kappa shape index (κ1) is 28.9. The number of benzene rings is 2. The van der Waals surface area contributed by atoms with Crippen molar-refractivity contribution in [3.8, 4) is 0 Å². The van der Waals surface area contributed by atoms with Gasteiger partial charge in [0.05, 0.1) is 22.0 Å². The number of amides is 2. The Morgan fingerprint density at radius 1 is 1.00 bits per heavy atom. The lowest BCUT2D eigenvalue weighted by Gasteiger charge is -2.32. The molecule has 3 rings (SSSR count). The molecule has 0 unspecified atom stereocenters. The molecule has 196 valence electrons. The van der Waals surface area contributed by atoms with Gasteiger partial charge in [0.2, 0.25) is 21.8 Å². The molecule has 1 N–H and O–H groups in total. The molecule has 12 heteroatoms. The number of halogens is 4. The van der Waals surface area contributed by atoms with Gasteiger partial charge >= 0.3 is 0 Å². The normalized spacial score (nSPS) is 14.9. The largest absolute Gasteiger partial charge is 0.352 e. The number of hydrogen-bond acceptors (Lipinski definition) is 4. The van der Waals surface area contributed by atoms with E-state index in [-0.39, 0.29) is 34.2 Å². The Morgan fingerprint density at radius 3 is 2.25 bits per heavy atom. The van der Waals surface area contributed by atoms with Gasteiger partial charge in [-0.15, -0.1) is 0 Å².